The number of ether oxygens (including phenoxy) is 2. The van der Waals surface area contributed by atoms with Crippen molar-refractivity contribution in [1.82, 2.24) is 9.78 Å². The molecular weight excluding hydrogens is 386 g/mol. The van der Waals surface area contributed by atoms with Gasteiger partial charge in [0.05, 0.1) is 36.2 Å². The molecule has 0 radical (unpaired) electrons. The number of fused-ring (bicyclic) bond motifs is 1. The predicted molar refractivity (Wildman–Crippen MR) is 116 cm³/mol. The molecule has 148 valence electrons. The number of nitrogens with zero attached hydrogens (tertiary/aromatic N) is 2. The van der Waals surface area contributed by atoms with Gasteiger partial charge in [-0.3, -0.25) is 4.79 Å². The van der Waals surface area contributed by atoms with Crippen molar-refractivity contribution in [3.05, 3.63) is 64.7 Å². The van der Waals surface area contributed by atoms with Crippen LogP contribution in [0.3, 0.4) is 0 Å². The lowest BCUT2D eigenvalue weighted by Gasteiger charge is -2.11. The van der Waals surface area contributed by atoms with Crippen LogP contribution in [0.5, 0.6) is 11.5 Å². The first-order chi connectivity index (χ1) is 14.0. The standard InChI is InChI=1S/C22H21N3O3S/c1-13-5-7-15(8-6-13)25-22-17(14(2)24-25)12-20(29-22)21(26)23-18-10-9-16(27-3)11-19(18)28-4/h5-12H,1-4H3,(H,23,26). The highest BCUT2D eigenvalue weighted by Gasteiger charge is 2.18. The second-order valence-corrected chi connectivity index (χ2v) is 7.71. The van der Waals surface area contributed by atoms with Crippen molar-refractivity contribution >= 4 is 33.1 Å². The molecule has 0 aliphatic carbocycles. The van der Waals surface area contributed by atoms with Crippen molar-refractivity contribution in [1.29, 1.82) is 0 Å². The van der Waals surface area contributed by atoms with Gasteiger partial charge in [-0.05, 0) is 44.2 Å². The Balaban J connectivity index is 1.67. The summed E-state index contributed by atoms with van der Waals surface area (Å²) in [6, 6.07) is 15.3. The van der Waals surface area contributed by atoms with Gasteiger partial charge in [0, 0.05) is 11.5 Å². The van der Waals surface area contributed by atoms with Crippen molar-refractivity contribution in [2.24, 2.45) is 0 Å². The lowest BCUT2D eigenvalue weighted by molar-refractivity contribution is 0.103. The summed E-state index contributed by atoms with van der Waals surface area (Å²) < 4.78 is 12.5. The fourth-order valence-corrected chi connectivity index (χ4v) is 4.18. The van der Waals surface area contributed by atoms with Crippen LogP contribution in [0.2, 0.25) is 0 Å². The second kappa shape index (κ2) is 7.60. The number of anilines is 1. The molecule has 0 saturated carbocycles. The van der Waals surface area contributed by atoms with Gasteiger partial charge in [0.2, 0.25) is 0 Å². The van der Waals surface area contributed by atoms with Crippen molar-refractivity contribution < 1.29 is 14.3 Å². The molecule has 0 unspecified atom stereocenters. The van der Waals surface area contributed by atoms with E-state index < -0.39 is 0 Å². The van der Waals surface area contributed by atoms with Crippen molar-refractivity contribution in [2.75, 3.05) is 19.5 Å². The number of aromatic nitrogens is 2. The fraction of sp³-hybridized carbons (Fsp3) is 0.182. The average Bonchev–Trinajstić information content (AvgIpc) is 3.30. The Morgan fingerprint density at radius 2 is 1.79 bits per heavy atom. The minimum absolute atomic E-state index is 0.190. The fourth-order valence-electron chi connectivity index (χ4n) is 3.11. The van der Waals surface area contributed by atoms with Gasteiger partial charge in [-0.1, -0.05) is 17.7 Å². The number of hydrogen-bond acceptors (Lipinski definition) is 5. The summed E-state index contributed by atoms with van der Waals surface area (Å²) in [5, 5.41) is 8.54. The summed E-state index contributed by atoms with van der Waals surface area (Å²) in [6.07, 6.45) is 0. The minimum Gasteiger partial charge on any atom is -0.497 e. The molecule has 0 aliphatic rings. The third-order valence-corrected chi connectivity index (χ3v) is 5.81. The quantitative estimate of drug-likeness (QED) is 0.507. The molecule has 0 bridgehead atoms. The number of aryl methyl sites for hydroxylation is 2. The van der Waals surface area contributed by atoms with Gasteiger partial charge in [-0.25, -0.2) is 4.68 Å². The number of rotatable bonds is 5. The highest BCUT2D eigenvalue weighted by Crippen LogP contribution is 2.33. The maximum atomic E-state index is 12.9. The molecular formula is C22H21N3O3S. The van der Waals surface area contributed by atoms with E-state index >= 15 is 0 Å². The number of thiophene rings is 1. The van der Waals surface area contributed by atoms with Crippen LogP contribution in [0.4, 0.5) is 5.69 Å². The number of carbonyl (C=O) groups is 1. The molecule has 1 amide bonds. The molecule has 1 N–H and O–H groups in total. The molecule has 0 saturated heterocycles. The lowest BCUT2D eigenvalue weighted by Crippen LogP contribution is -2.11. The number of amides is 1. The zero-order valence-corrected chi connectivity index (χ0v) is 17.5. The van der Waals surface area contributed by atoms with E-state index in [0.717, 1.165) is 21.6 Å². The van der Waals surface area contributed by atoms with E-state index in [9.17, 15) is 4.79 Å². The Labute approximate surface area is 172 Å². The molecule has 4 rings (SSSR count). The van der Waals surface area contributed by atoms with Crippen LogP contribution < -0.4 is 14.8 Å². The molecule has 29 heavy (non-hydrogen) atoms. The van der Waals surface area contributed by atoms with Crippen LogP contribution in [0.1, 0.15) is 20.9 Å². The smallest absolute Gasteiger partial charge is 0.265 e. The monoisotopic (exact) mass is 407 g/mol. The van der Waals surface area contributed by atoms with E-state index in [1.807, 2.05) is 29.8 Å². The van der Waals surface area contributed by atoms with Crippen molar-refractivity contribution in [3.8, 4) is 17.2 Å². The first kappa shape index (κ1) is 19.0. The SMILES string of the molecule is COc1ccc(NC(=O)c2cc3c(C)nn(-c4ccc(C)cc4)c3s2)c(OC)c1. The highest BCUT2D eigenvalue weighted by molar-refractivity contribution is 7.20. The topological polar surface area (TPSA) is 65.4 Å². The van der Waals surface area contributed by atoms with E-state index in [0.29, 0.717) is 22.1 Å². The second-order valence-electron chi connectivity index (χ2n) is 6.68. The molecule has 0 aliphatic heterocycles. The van der Waals surface area contributed by atoms with Crippen LogP contribution in [0.25, 0.3) is 15.9 Å². The normalized spacial score (nSPS) is 10.9. The van der Waals surface area contributed by atoms with E-state index in [2.05, 4.69) is 29.5 Å². The van der Waals surface area contributed by atoms with Gasteiger partial charge in [0.1, 0.15) is 16.3 Å². The summed E-state index contributed by atoms with van der Waals surface area (Å²) >= 11 is 1.42. The van der Waals surface area contributed by atoms with Crippen LogP contribution in [0.15, 0.2) is 48.5 Å². The number of hydrogen-bond donors (Lipinski definition) is 1. The largest absolute Gasteiger partial charge is 0.497 e. The predicted octanol–water partition coefficient (Wildman–Crippen LogP) is 4.97. The summed E-state index contributed by atoms with van der Waals surface area (Å²) in [4.78, 5) is 14.4. The Hall–Kier alpha value is -3.32. The first-order valence-corrected chi connectivity index (χ1v) is 9.91. The van der Waals surface area contributed by atoms with E-state index in [4.69, 9.17) is 9.47 Å². The Morgan fingerprint density at radius 1 is 1.03 bits per heavy atom. The number of benzene rings is 2. The summed E-state index contributed by atoms with van der Waals surface area (Å²) in [7, 11) is 3.15. The van der Waals surface area contributed by atoms with Crippen molar-refractivity contribution in [3.63, 3.8) is 0 Å². The average molecular weight is 407 g/mol. The lowest BCUT2D eigenvalue weighted by atomic mass is 10.2. The van der Waals surface area contributed by atoms with Crippen LogP contribution in [-0.4, -0.2) is 29.9 Å². The van der Waals surface area contributed by atoms with Crippen LogP contribution in [-0.2, 0) is 0 Å². The number of methoxy groups -OCH3 is 2. The van der Waals surface area contributed by atoms with E-state index in [-0.39, 0.29) is 5.91 Å². The van der Waals surface area contributed by atoms with Gasteiger partial charge in [-0.15, -0.1) is 11.3 Å². The van der Waals surface area contributed by atoms with E-state index in [1.54, 1.807) is 32.4 Å². The number of carbonyl (C=O) groups excluding carboxylic acids is 1. The van der Waals surface area contributed by atoms with Crippen LogP contribution >= 0.6 is 11.3 Å². The third-order valence-electron chi connectivity index (χ3n) is 4.70. The molecule has 0 fully saturated rings. The van der Waals surface area contributed by atoms with Crippen LogP contribution in [0, 0.1) is 13.8 Å². The van der Waals surface area contributed by atoms with Crippen molar-refractivity contribution in [2.45, 2.75) is 13.8 Å². The Bertz CT molecular complexity index is 1190. The van der Waals surface area contributed by atoms with Gasteiger partial charge < -0.3 is 14.8 Å². The third kappa shape index (κ3) is 3.56. The maximum absolute atomic E-state index is 12.9. The summed E-state index contributed by atoms with van der Waals surface area (Å²) in [5.41, 5.74) is 3.64. The summed E-state index contributed by atoms with van der Waals surface area (Å²) in [6.45, 7) is 4.00. The molecule has 4 aromatic rings. The maximum Gasteiger partial charge on any atom is 0.265 e. The minimum atomic E-state index is -0.190. The zero-order chi connectivity index (χ0) is 20.5. The molecule has 6 nitrogen and oxygen atoms in total. The molecule has 7 heteroatoms. The Kier molecular flexibility index (Phi) is 4.98. The van der Waals surface area contributed by atoms with Gasteiger partial charge >= 0.3 is 0 Å². The Morgan fingerprint density at radius 3 is 2.48 bits per heavy atom. The molecule has 2 aromatic carbocycles. The molecule has 2 heterocycles. The summed E-state index contributed by atoms with van der Waals surface area (Å²) in [5.74, 6) is 1.01. The van der Waals surface area contributed by atoms with Gasteiger partial charge in [0.15, 0.2) is 0 Å². The zero-order valence-electron chi connectivity index (χ0n) is 16.6. The molecule has 0 spiro atoms. The van der Waals surface area contributed by atoms with E-state index in [1.165, 1.54) is 16.9 Å². The molecule has 0 atom stereocenters. The highest BCUT2D eigenvalue weighted by atomic mass is 32.1. The first-order valence-electron chi connectivity index (χ1n) is 9.09. The van der Waals surface area contributed by atoms with Gasteiger partial charge in [-0.2, -0.15) is 5.10 Å². The molecule has 2 aromatic heterocycles. The number of nitrogens with one attached hydrogen (secondary N) is 1. The van der Waals surface area contributed by atoms with Gasteiger partial charge in [0.25, 0.3) is 5.91 Å².